The monoisotopic (exact) mass is 1670 g/mol. The van der Waals surface area contributed by atoms with Crippen LogP contribution in [-0.2, 0) is 10.8 Å². The highest BCUT2D eigenvalue weighted by Crippen LogP contribution is 2.60. The van der Waals surface area contributed by atoms with E-state index in [0.717, 1.165) is 0 Å². The minimum absolute atomic E-state index is 0.158. The molecule has 0 amide bonds. The molecule has 0 fully saturated rings. The van der Waals surface area contributed by atoms with Gasteiger partial charge in [-0.1, -0.05) is 422 Å². The highest BCUT2D eigenvalue weighted by atomic mass is 14.4. The summed E-state index contributed by atoms with van der Waals surface area (Å²) in [5, 5.41) is 28.5. The van der Waals surface area contributed by atoms with E-state index in [2.05, 4.69) is 464 Å². The van der Waals surface area contributed by atoms with E-state index in [4.69, 9.17) is 0 Å². The molecule has 0 aromatic heterocycles. The van der Waals surface area contributed by atoms with Gasteiger partial charge in [0.25, 0.3) is 0 Å². The predicted octanol–water partition coefficient (Wildman–Crippen LogP) is 36.7. The van der Waals surface area contributed by atoms with Crippen molar-refractivity contribution < 1.29 is 0 Å². The third-order valence-electron chi connectivity index (χ3n) is 30.8. The summed E-state index contributed by atoms with van der Waals surface area (Å²) in [4.78, 5) is 0. The minimum atomic E-state index is -0.170. The lowest BCUT2D eigenvalue weighted by molar-refractivity contribution is 0.661. The quantitative estimate of drug-likeness (QED) is 0.105. The topological polar surface area (TPSA) is 0 Å². The van der Waals surface area contributed by atoms with E-state index < -0.39 is 0 Å². The van der Waals surface area contributed by atoms with E-state index in [9.17, 15) is 0 Å². The molecule has 4 aliphatic carbocycles. The molecular weight excluding hydrogens is 1590 g/mol. The van der Waals surface area contributed by atoms with Gasteiger partial charge in [0.05, 0.1) is 0 Å². The second-order valence-corrected chi connectivity index (χ2v) is 38.2. The first-order valence-electron chi connectivity index (χ1n) is 46.6. The van der Waals surface area contributed by atoms with Gasteiger partial charge in [-0.25, -0.2) is 0 Å². The van der Waals surface area contributed by atoms with Crippen LogP contribution in [0, 0.1) is 0 Å². The van der Waals surface area contributed by atoms with Crippen molar-refractivity contribution in [2.24, 2.45) is 0 Å². The first kappa shape index (κ1) is 74.7. The summed E-state index contributed by atoms with van der Waals surface area (Å²) in [6.07, 6.45) is 0. The smallest absolute Gasteiger partial charge is 0.0159 e. The van der Waals surface area contributed by atoms with E-state index in [0.29, 0.717) is 0 Å². The van der Waals surface area contributed by atoms with Gasteiger partial charge in [-0.2, -0.15) is 0 Å². The van der Waals surface area contributed by atoms with Gasteiger partial charge >= 0.3 is 0 Å². The minimum Gasteiger partial charge on any atom is -0.0622 e. The van der Waals surface area contributed by atoms with Gasteiger partial charge in [0.2, 0.25) is 0 Å². The Morgan fingerprint density at radius 2 is 0.432 bits per heavy atom. The summed E-state index contributed by atoms with van der Waals surface area (Å²) in [5.41, 5.74) is 41.0. The van der Waals surface area contributed by atoms with Gasteiger partial charge in [-0.15, -0.1) is 0 Å². The number of fused-ring (bicyclic) bond motifs is 19. The number of benzene rings is 25. The maximum Gasteiger partial charge on any atom is 0.0159 e. The van der Waals surface area contributed by atoms with Crippen LogP contribution in [0.25, 0.3) is 274 Å². The zero-order valence-electron chi connectivity index (χ0n) is 73.6. The van der Waals surface area contributed by atoms with Crippen LogP contribution in [0.4, 0.5) is 0 Å². The predicted molar refractivity (Wildman–Crippen MR) is 564 cm³/mol. The lowest BCUT2D eigenvalue weighted by Gasteiger charge is -2.25. The third kappa shape index (κ3) is 10.7. The average Bonchev–Trinajstić information content (AvgIpc) is 1.38. The summed E-state index contributed by atoms with van der Waals surface area (Å²) >= 11 is 0. The summed E-state index contributed by atoms with van der Waals surface area (Å²) in [6.45, 7) is 9.63. The summed E-state index contributed by atoms with van der Waals surface area (Å²) < 4.78 is 0. The average molecular weight is 1670 g/mol. The lowest BCUT2D eigenvalue weighted by atomic mass is 9.78. The Labute approximate surface area is 766 Å². The highest BCUT2D eigenvalue weighted by Gasteiger charge is 2.40. The van der Waals surface area contributed by atoms with Crippen LogP contribution in [0.15, 0.2) is 437 Å². The molecule has 0 radical (unpaired) electrons. The van der Waals surface area contributed by atoms with Gasteiger partial charge in [0.1, 0.15) is 0 Å². The van der Waals surface area contributed by atoms with Crippen LogP contribution < -0.4 is 0 Å². The Morgan fingerprint density at radius 3 is 0.985 bits per heavy atom. The second-order valence-electron chi connectivity index (χ2n) is 38.2. The Kier molecular flexibility index (Phi) is 15.9. The molecule has 132 heavy (non-hydrogen) atoms. The largest absolute Gasteiger partial charge is 0.0622 e. The van der Waals surface area contributed by atoms with Crippen LogP contribution in [0.2, 0.25) is 0 Å². The molecular formula is C132H84. The Balaban J connectivity index is 0.000000132. The Morgan fingerprint density at radius 1 is 0.121 bits per heavy atom. The number of hydrogen-bond acceptors (Lipinski definition) is 0. The highest BCUT2D eigenvalue weighted by molar-refractivity contribution is 6.36. The van der Waals surface area contributed by atoms with Gasteiger partial charge < -0.3 is 0 Å². The number of rotatable bonds is 8. The van der Waals surface area contributed by atoms with E-state index in [1.807, 2.05) is 0 Å². The van der Waals surface area contributed by atoms with Crippen LogP contribution in [0.1, 0.15) is 49.9 Å². The van der Waals surface area contributed by atoms with Crippen LogP contribution in [0.5, 0.6) is 0 Å². The number of hydrogen-bond donors (Lipinski definition) is 0. The fourth-order valence-corrected chi connectivity index (χ4v) is 24.6. The maximum atomic E-state index is 2.60. The molecule has 0 unspecified atom stereocenters. The molecule has 0 atom stereocenters. The van der Waals surface area contributed by atoms with Crippen LogP contribution >= 0.6 is 0 Å². The second kappa shape index (κ2) is 28.1. The normalized spacial score (nSPS) is 13.3. The molecule has 0 spiro atoms. The van der Waals surface area contributed by atoms with Crippen LogP contribution in [-0.4, -0.2) is 0 Å². The standard InChI is InChI=1S/C67H44.C65H40/c1-67(2)61-25-10-9-20-50(61)57-39-59-60(40-62(57)67)65(47-32-28-44(29-33-47)42-16-7-4-8-17-42)58-38-48(34-35-56(58)64(59)46-30-26-43(27-31-46)41-14-5-3-6-15-41)49-36-37-55-53-22-12-19-45-18-11-21-52(63(45)53)54-24-13-23-51(49)66(54)55;1-65(2)59-24-10-9-19-45(59)55-35-57-58(36-60(55)65)64(53-32-30-51-44-18-8-6-16-42(44)47-21-12-23-49(53)62(47)51)56-34-40(39-26-25-37-13-3-4-14-38(37)33-39)27-28-54(56)63(57)52-31-29-50-43-17-7-5-15-41(43)46-20-11-22-48(52)61(46)50/h3-40H,1-2H3;3-36H,1-2H3. The van der Waals surface area contributed by atoms with Crippen molar-refractivity contribution in [3.05, 3.63) is 459 Å². The molecule has 0 bridgehead atoms. The Hall–Kier alpha value is -16.4. The summed E-state index contributed by atoms with van der Waals surface area (Å²) in [7, 11) is 0. The summed E-state index contributed by atoms with van der Waals surface area (Å²) in [5.74, 6) is 0. The van der Waals surface area contributed by atoms with Crippen molar-refractivity contribution in [3.63, 3.8) is 0 Å². The van der Waals surface area contributed by atoms with Crippen LogP contribution in [0.3, 0.4) is 0 Å². The fourth-order valence-electron chi connectivity index (χ4n) is 24.6. The molecule has 0 heterocycles. The van der Waals surface area contributed by atoms with E-state index >= 15 is 0 Å². The molecule has 0 saturated carbocycles. The zero-order chi connectivity index (χ0) is 87.1. The van der Waals surface area contributed by atoms with E-state index in [1.165, 1.54) is 297 Å². The first-order chi connectivity index (χ1) is 65.0. The van der Waals surface area contributed by atoms with Gasteiger partial charge in [-0.05, 0) is 339 Å². The van der Waals surface area contributed by atoms with E-state index in [1.54, 1.807) is 0 Å². The fraction of sp³-hybridized carbons (Fsp3) is 0.0455. The van der Waals surface area contributed by atoms with Crippen molar-refractivity contribution >= 4 is 118 Å². The maximum absolute atomic E-state index is 2.60. The summed E-state index contributed by atoms with van der Waals surface area (Å²) in [6, 6.07) is 165. The molecule has 0 aliphatic heterocycles. The van der Waals surface area contributed by atoms with Crippen molar-refractivity contribution in [3.8, 4) is 156 Å². The zero-order valence-corrected chi connectivity index (χ0v) is 73.6. The van der Waals surface area contributed by atoms with Crippen molar-refractivity contribution in [2.45, 2.75) is 38.5 Å². The third-order valence-corrected chi connectivity index (χ3v) is 30.8. The molecule has 25 aromatic carbocycles. The van der Waals surface area contributed by atoms with Gasteiger partial charge in [0.15, 0.2) is 0 Å². The SMILES string of the molecule is CC1(C)c2ccccc2-c2cc3c(-c4ccc(-c5ccccc5)cc4)c4ccc(-c5ccc6c7cccc8cccc(c9cccc5c96)c87)cc4c(-c4ccc(-c5ccccc5)cc4)c3cc21.CC1(C)c2ccccc2-c2cc3c(-c4ccc5c6c(cccc46)-c4ccccc4-5)c4ccc(-c5ccc6ccccc6c5)cc4c(-c4ccc5c6c(cccc46)-c4ccccc4-5)c3cc21. The van der Waals surface area contributed by atoms with Gasteiger partial charge in [-0.3, -0.25) is 0 Å². The molecule has 4 aliphatic rings. The lowest BCUT2D eigenvalue weighted by Crippen LogP contribution is -2.14. The van der Waals surface area contributed by atoms with Crippen molar-refractivity contribution in [1.29, 1.82) is 0 Å². The van der Waals surface area contributed by atoms with Crippen molar-refractivity contribution in [2.75, 3.05) is 0 Å². The molecule has 29 rings (SSSR count). The molecule has 25 aromatic rings. The molecule has 612 valence electrons. The first-order valence-corrected chi connectivity index (χ1v) is 46.6. The molecule has 0 N–H and O–H groups in total. The molecule has 0 nitrogen and oxygen atoms in total. The van der Waals surface area contributed by atoms with Gasteiger partial charge in [0, 0.05) is 10.8 Å². The Bertz CT molecular complexity index is 9230. The molecule has 0 heteroatoms. The van der Waals surface area contributed by atoms with E-state index in [-0.39, 0.29) is 10.8 Å². The molecule has 0 saturated heterocycles. The van der Waals surface area contributed by atoms with Crippen molar-refractivity contribution in [1.82, 2.24) is 0 Å².